The lowest BCUT2D eigenvalue weighted by Gasteiger charge is -2.22. The Labute approximate surface area is 115 Å². The van der Waals surface area contributed by atoms with Crippen molar-refractivity contribution in [3.05, 3.63) is 18.6 Å². The molecule has 4 heterocycles. The number of H-pyrrole nitrogens is 1. The average molecular weight is 273 g/mol. The van der Waals surface area contributed by atoms with E-state index in [1.54, 1.807) is 18.3 Å². The highest BCUT2D eigenvalue weighted by atomic mass is 16.6. The van der Waals surface area contributed by atoms with Crippen molar-refractivity contribution in [2.24, 2.45) is 0 Å². The van der Waals surface area contributed by atoms with E-state index in [4.69, 9.17) is 4.74 Å². The third-order valence-corrected chi connectivity index (χ3v) is 4.08. The largest absolute Gasteiger partial charge is 0.439 e. The summed E-state index contributed by atoms with van der Waals surface area (Å²) < 4.78 is 5.56. The van der Waals surface area contributed by atoms with Crippen molar-refractivity contribution in [3.63, 3.8) is 0 Å². The minimum absolute atomic E-state index is 0.237. The van der Waals surface area contributed by atoms with Crippen molar-refractivity contribution in [1.82, 2.24) is 19.9 Å². The van der Waals surface area contributed by atoms with Gasteiger partial charge in [0.15, 0.2) is 11.4 Å². The van der Waals surface area contributed by atoms with E-state index in [-0.39, 0.29) is 6.09 Å². The van der Waals surface area contributed by atoms with Gasteiger partial charge in [0.25, 0.3) is 0 Å². The SMILES string of the molecule is CN1CC2(CCN(c3ncnc4cc[nH]c34)C2)OC1=O. The maximum atomic E-state index is 11.6. The minimum Gasteiger partial charge on any atom is -0.439 e. The van der Waals surface area contributed by atoms with Crippen molar-refractivity contribution >= 4 is 22.9 Å². The first-order valence-electron chi connectivity index (χ1n) is 6.64. The zero-order valence-corrected chi connectivity index (χ0v) is 11.2. The molecule has 2 saturated heterocycles. The molecule has 7 nitrogen and oxygen atoms in total. The van der Waals surface area contributed by atoms with E-state index in [2.05, 4.69) is 19.9 Å². The molecule has 1 spiro atoms. The van der Waals surface area contributed by atoms with E-state index >= 15 is 0 Å². The Morgan fingerprint density at radius 2 is 2.30 bits per heavy atom. The predicted octanol–water partition coefficient (Wildman–Crippen LogP) is 0.989. The predicted molar refractivity (Wildman–Crippen MR) is 72.6 cm³/mol. The molecule has 1 atom stereocenters. The molecule has 2 aromatic heterocycles. The first-order valence-corrected chi connectivity index (χ1v) is 6.64. The number of rotatable bonds is 1. The molecular formula is C13H15N5O2. The molecule has 20 heavy (non-hydrogen) atoms. The maximum Gasteiger partial charge on any atom is 0.410 e. The smallest absolute Gasteiger partial charge is 0.410 e. The van der Waals surface area contributed by atoms with Crippen LogP contribution < -0.4 is 4.90 Å². The van der Waals surface area contributed by atoms with Crippen molar-refractivity contribution in [2.75, 3.05) is 31.6 Å². The Morgan fingerprint density at radius 1 is 1.40 bits per heavy atom. The second-order valence-corrected chi connectivity index (χ2v) is 5.51. The fraction of sp³-hybridized carbons (Fsp3) is 0.462. The summed E-state index contributed by atoms with van der Waals surface area (Å²) in [5, 5.41) is 0. The number of nitrogens with zero attached hydrogens (tertiary/aromatic N) is 4. The monoisotopic (exact) mass is 273 g/mol. The summed E-state index contributed by atoms with van der Waals surface area (Å²) in [6.07, 6.45) is 4.02. The number of amides is 1. The summed E-state index contributed by atoms with van der Waals surface area (Å²) in [5.41, 5.74) is 1.44. The summed E-state index contributed by atoms with van der Waals surface area (Å²) in [5.74, 6) is 0.877. The molecule has 2 aliphatic rings. The standard InChI is InChI=1S/C13H15N5O2/c1-17-6-13(20-12(17)19)3-5-18(7-13)11-10-9(2-4-14-10)15-8-16-11/h2,4,8,14H,3,5-7H2,1H3. The van der Waals surface area contributed by atoms with Crippen LogP contribution in [0.2, 0.25) is 0 Å². The van der Waals surface area contributed by atoms with Crippen molar-refractivity contribution in [2.45, 2.75) is 12.0 Å². The van der Waals surface area contributed by atoms with Gasteiger partial charge in [0, 0.05) is 26.2 Å². The van der Waals surface area contributed by atoms with Crippen LogP contribution in [-0.4, -0.2) is 58.2 Å². The van der Waals surface area contributed by atoms with Crippen LogP contribution in [0.4, 0.5) is 10.6 Å². The van der Waals surface area contributed by atoms with E-state index in [0.717, 1.165) is 29.8 Å². The van der Waals surface area contributed by atoms with Crippen LogP contribution in [0.15, 0.2) is 18.6 Å². The zero-order chi connectivity index (χ0) is 13.7. The third kappa shape index (κ3) is 1.55. The lowest BCUT2D eigenvalue weighted by Crippen LogP contribution is -2.37. The molecule has 7 heteroatoms. The van der Waals surface area contributed by atoms with Crippen molar-refractivity contribution < 1.29 is 9.53 Å². The highest BCUT2D eigenvalue weighted by Crippen LogP contribution is 2.35. The summed E-state index contributed by atoms with van der Waals surface area (Å²) in [4.78, 5) is 27.2. The van der Waals surface area contributed by atoms with E-state index in [1.165, 1.54) is 0 Å². The van der Waals surface area contributed by atoms with Gasteiger partial charge in [0.2, 0.25) is 0 Å². The van der Waals surface area contributed by atoms with E-state index in [0.29, 0.717) is 13.1 Å². The summed E-state index contributed by atoms with van der Waals surface area (Å²) in [6, 6.07) is 1.93. The zero-order valence-electron chi connectivity index (χ0n) is 11.2. The van der Waals surface area contributed by atoms with E-state index < -0.39 is 5.60 Å². The van der Waals surface area contributed by atoms with Gasteiger partial charge < -0.3 is 19.5 Å². The van der Waals surface area contributed by atoms with Gasteiger partial charge in [-0.3, -0.25) is 0 Å². The number of aromatic amines is 1. The minimum atomic E-state index is -0.393. The Kier molecular flexibility index (Phi) is 2.21. The number of fused-ring (bicyclic) bond motifs is 1. The van der Waals surface area contributed by atoms with Gasteiger partial charge in [0.05, 0.1) is 18.6 Å². The number of aromatic nitrogens is 3. The Hall–Kier alpha value is -2.31. The number of hydrogen-bond donors (Lipinski definition) is 1. The van der Waals surface area contributed by atoms with Crippen LogP contribution in [0.1, 0.15) is 6.42 Å². The van der Waals surface area contributed by atoms with Crippen molar-refractivity contribution in [1.29, 1.82) is 0 Å². The maximum absolute atomic E-state index is 11.6. The molecule has 104 valence electrons. The van der Waals surface area contributed by atoms with Crippen LogP contribution >= 0.6 is 0 Å². The van der Waals surface area contributed by atoms with Gasteiger partial charge in [-0.25, -0.2) is 14.8 Å². The van der Waals surface area contributed by atoms with Crippen molar-refractivity contribution in [3.8, 4) is 0 Å². The molecule has 2 fully saturated rings. The molecule has 1 unspecified atom stereocenters. The van der Waals surface area contributed by atoms with Gasteiger partial charge >= 0.3 is 6.09 Å². The molecule has 2 aliphatic heterocycles. The summed E-state index contributed by atoms with van der Waals surface area (Å²) in [7, 11) is 1.77. The van der Waals surface area contributed by atoms with Crippen LogP contribution in [0.25, 0.3) is 11.0 Å². The fourth-order valence-electron chi connectivity index (χ4n) is 3.13. The normalized spacial score (nSPS) is 25.9. The number of likely N-dealkylation sites (N-methyl/N-ethyl adjacent to an activating group) is 1. The summed E-state index contributed by atoms with van der Waals surface area (Å²) >= 11 is 0. The quantitative estimate of drug-likeness (QED) is 0.838. The first kappa shape index (κ1) is 11.5. The number of carbonyl (C=O) groups is 1. The molecule has 0 aromatic carbocycles. The average Bonchev–Trinajstić information content (AvgIpc) is 3.10. The molecule has 2 aromatic rings. The van der Waals surface area contributed by atoms with E-state index in [9.17, 15) is 4.79 Å². The lowest BCUT2D eigenvalue weighted by molar-refractivity contribution is 0.0742. The number of nitrogens with one attached hydrogen (secondary N) is 1. The van der Waals surface area contributed by atoms with Gasteiger partial charge in [-0.05, 0) is 6.07 Å². The molecule has 4 rings (SSSR count). The number of ether oxygens (including phenoxy) is 1. The molecular weight excluding hydrogens is 258 g/mol. The first-order chi connectivity index (χ1) is 9.67. The lowest BCUT2D eigenvalue weighted by atomic mass is 10.0. The Morgan fingerprint density at radius 3 is 3.10 bits per heavy atom. The topological polar surface area (TPSA) is 74.3 Å². The van der Waals surface area contributed by atoms with Gasteiger partial charge in [-0.1, -0.05) is 0 Å². The number of carbonyl (C=O) groups excluding carboxylic acids is 1. The molecule has 0 saturated carbocycles. The Bertz CT molecular complexity index is 684. The van der Waals surface area contributed by atoms with E-state index in [1.807, 2.05) is 12.3 Å². The Balaban J connectivity index is 1.66. The summed E-state index contributed by atoms with van der Waals surface area (Å²) in [6.45, 7) is 2.14. The second-order valence-electron chi connectivity index (χ2n) is 5.51. The molecule has 0 radical (unpaired) electrons. The highest BCUT2D eigenvalue weighted by Gasteiger charge is 2.49. The number of anilines is 1. The highest BCUT2D eigenvalue weighted by molar-refractivity contribution is 5.86. The third-order valence-electron chi connectivity index (χ3n) is 4.08. The van der Waals surface area contributed by atoms with Crippen LogP contribution in [0, 0.1) is 0 Å². The van der Waals surface area contributed by atoms with Crippen LogP contribution in [-0.2, 0) is 4.74 Å². The van der Waals surface area contributed by atoms with Crippen LogP contribution in [0.5, 0.6) is 0 Å². The molecule has 0 aliphatic carbocycles. The van der Waals surface area contributed by atoms with Gasteiger partial charge in [0.1, 0.15) is 11.8 Å². The second kappa shape index (κ2) is 3.84. The molecule has 1 N–H and O–H groups in total. The molecule has 1 amide bonds. The van der Waals surface area contributed by atoms with Gasteiger partial charge in [-0.2, -0.15) is 0 Å². The fourth-order valence-corrected chi connectivity index (χ4v) is 3.13. The van der Waals surface area contributed by atoms with Crippen LogP contribution in [0.3, 0.4) is 0 Å². The molecule has 0 bridgehead atoms. The van der Waals surface area contributed by atoms with Gasteiger partial charge in [-0.15, -0.1) is 0 Å². The number of hydrogen-bond acceptors (Lipinski definition) is 5.